The van der Waals surface area contributed by atoms with Crippen LogP contribution < -0.4 is 5.73 Å². The summed E-state index contributed by atoms with van der Waals surface area (Å²) in [4.78, 5) is 13.7. The number of nitrogens with zero attached hydrogens (tertiary/aromatic N) is 2. The number of sulfonamides is 1. The van der Waals surface area contributed by atoms with E-state index in [0.717, 1.165) is 0 Å². The number of likely N-dealkylation sites (tertiary alicyclic amines) is 1. The highest BCUT2D eigenvalue weighted by molar-refractivity contribution is 7.89. The Morgan fingerprint density at radius 1 is 1.16 bits per heavy atom. The summed E-state index contributed by atoms with van der Waals surface area (Å²) in [5, 5.41) is -0.383. The molecule has 0 aromatic rings. The second-order valence-corrected chi connectivity index (χ2v) is 8.14. The molecule has 1 atom stereocenters. The summed E-state index contributed by atoms with van der Waals surface area (Å²) in [5.41, 5.74) is 5.71. The van der Waals surface area contributed by atoms with E-state index in [1.54, 1.807) is 18.2 Å². The summed E-state index contributed by atoms with van der Waals surface area (Å²) in [5.74, 6) is 0.0187. The molecule has 2 heterocycles. The molecule has 2 rings (SSSR count). The molecule has 2 N–H and O–H groups in total. The first-order chi connectivity index (χ1) is 8.84. The number of piperidine rings is 1. The number of carbonyl (C=O) groups excluding carboxylic acids is 1. The third kappa shape index (κ3) is 2.78. The minimum Gasteiger partial charge on any atom is -0.338 e. The number of rotatable bonds is 3. The molecule has 6 nitrogen and oxygen atoms in total. The van der Waals surface area contributed by atoms with E-state index in [9.17, 15) is 13.2 Å². The molecule has 0 radical (unpaired) electrons. The topological polar surface area (TPSA) is 83.7 Å². The van der Waals surface area contributed by atoms with Crippen LogP contribution in [0.2, 0.25) is 0 Å². The zero-order chi connectivity index (χ0) is 14.2. The van der Waals surface area contributed by atoms with Gasteiger partial charge < -0.3 is 10.6 Å². The third-order valence-corrected chi connectivity index (χ3v) is 6.38. The summed E-state index contributed by atoms with van der Waals surface area (Å²) in [6.45, 7) is 5.12. The van der Waals surface area contributed by atoms with Crippen molar-refractivity contribution < 1.29 is 13.2 Å². The second kappa shape index (κ2) is 5.38. The molecule has 19 heavy (non-hydrogen) atoms. The number of hydrogen-bond acceptors (Lipinski definition) is 4. The number of carbonyl (C=O) groups is 1. The number of nitrogens with two attached hydrogens (primary N) is 1. The van der Waals surface area contributed by atoms with Gasteiger partial charge in [0, 0.05) is 25.7 Å². The molecule has 2 aliphatic heterocycles. The van der Waals surface area contributed by atoms with Crippen molar-refractivity contribution in [2.24, 2.45) is 5.73 Å². The van der Waals surface area contributed by atoms with Gasteiger partial charge in [0.25, 0.3) is 0 Å². The first kappa shape index (κ1) is 14.7. The molecule has 0 saturated carbocycles. The van der Waals surface area contributed by atoms with Crippen molar-refractivity contribution in [2.75, 3.05) is 19.6 Å². The fourth-order valence-electron chi connectivity index (χ4n) is 2.79. The Hall–Kier alpha value is -0.660. The summed E-state index contributed by atoms with van der Waals surface area (Å²) in [6.07, 6.45) is 2.14. The van der Waals surface area contributed by atoms with E-state index in [4.69, 9.17) is 5.73 Å². The van der Waals surface area contributed by atoms with Crippen LogP contribution >= 0.6 is 0 Å². The van der Waals surface area contributed by atoms with Crippen LogP contribution in [0.25, 0.3) is 0 Å². The van der Waals surface area contributed by atoms with E-state index < -0.39 is 10.0 Å². The number of amides is 1. The van der Waals surface area contributed by atoms with Crippen LogP contribution in [0.1, 0.15) is 33.1 Å². The smallest absolute Gasteiger partial charge is 0.239 e. The molecule has 2 aliphatic rings. The Morgan fingerprint density at radius 2 is 1.74 bits per heavy atom. The molecule has 0 aromatic heterocycles. The van der Waals surface area contributed by atoms with Gasteiger partial charge in [-0.2, -0.15) is 0 Å². The summed E-state index contributed by atoms with van der Waals surface area (Å²) >= 11 is 0. The van der Waals surface area contributed by atoms with Gasteiger partial charge in [0.15, 0.2) is 0 Å². The van der Waals surface area contributed by atoms with Crippen LogP contribution in [0, 0.1) is 0 Å². The Balaban J connectivity index is 1.95. The fourth-order valence-corrected chi connectivity index (χ4v) is 4.11. The first-order valence-electron chi connectivity index (χ1n) is 6.89. The van der Waals surface area contributed by atoms with Crippen LogP contribution in [-0.2, 0) is 14.8 Å². The first-order valence-corrected chi connectivity index (χ1v) is 8.39. The van der Waals surface area contributed by atoms with Gasteiger partial charge in [0.2, 0.25) is 15.9 Å². The predicted molar refractivity (Wildman–Crippen MR) is 73.0 cm³/mol. The van der Waals surface area contributed by atoms with Crippen molar-refractivity contribution >= 4 is 15.9 Å². The maximum atomic E-state index is 12.1. The maximum absolute atomic E-state index is 12.1. The monoisotopic (exact) mass is 289 g/mol. The lowest BCUT2D eigenvalue weighted by Gasteiger charge is -2.36. The van der Waals surface area contributed by atoms with Crippen molar-refractivity contribution in [1.82, 2.24) is 9.21 Å². The van der Waals surface area contributed by atoms with Crippen LogP contribution in [0.4, 0.5) is 0 Å². The van der Waals surface area contributed by atoms with Gasteiger partial charge in [-0.25, -0.2) is 12.7 Å². The zero-order valence-electron chi connectivity index (χ0n) is 11.6. The van der Waals surface area contributed by atoms with Gasteiger partial charge >= 0.3 is 0 Å². The molecule has 2 saturated heterocycles. The van der Waals surface area contributed by atoms with Crippen molar-refractivity contribution in [3.8, 4) is 0 Å². The lowest BCUT2D eigenvalue weighted by molar-refractivity contribution is -0.131. The zero-order valence-corrected chi connectivity index (χ0v) is 12.4. The Labute approximate surface area is 115 Å². The lowest BCUT2D eigenvalue weighted by Crippen LogP contribution is -2.49. The van der Waals surface area contributed by atoms with Crippen LogP contribution in [0.5, 0.6) is 0 Å². The van der Waals surface area contributed by atoms with E-state index in [0.29, 0.717) is 38.9 Å². The van der Waals surface area contributed by atoms with Crippen molar-refractivity contribution in [3.63, 3.8) is 0 Å². The molecule has 0 spiro atoms. The molecule has 0 aromatic carbocycles. The highest BCUT2D eigenvalue weighted by Crippen LogP contribution is 2.24. The van der Waals surface area contributed by atoms with Crippen molar-refractivity contribution in [1.29, 1.82) is 0 Å². The van der Waals surface area contributed by atoms with Gasteiger partial charge in [-0.05, 0) is 33.1 Å². The maximum Gasteiger partial charge on any atom is 0.239 e. The summed E-state index contributed by atoms with van der Waals surface area (Å²) < 4.78 is 25.7. The van der Waals surface area contributed by atoms with E-state index in [1.807, 2.05) is 4.90 Å². The molecule has 1 amide bonds. The normalized spacial score (nSPS) is 27.5. The molecule has 2 fully saturated rings. The summed E-state index contributed by atoms with van der Waals surface area (Å²) in [6, 6.07) is -0.211. The standard InChI is InChI=1S/C12H23N3O3S/c1-9(2)19(17,18)14-6-3-10(4-7-14)15-8-5-11(13)12(15)16/h9-11H,3-8,13H2,1-2H3. The SMILES string of the molecule is CC(C)S(=O)(=O)N1CCC(N2CCC(N)C2=O)CC1. The molecule has 0 aliphatic carbocycles. The molecule has 7 heteroatoms. The Bertz CT molecular complexity index is 441. The van der Waals surface area contributed by atoms with Gasteiger partial charge in [-0.1, -0.05) is 0 Å². The van der Waals surface area contributed by atoms with E-state index in [1.165, 1.54) is 0 Å². The highest BCUT2D eigenvalue weighted by Gasteiger charge is 2.37. The van der Waals surface area contributed by atoms with Crippen LogP contribution in [0.15, 0.2) is 0 Å². The Kier molecular flexibility index (Phi) is 4.17. The molecule has 0 bridgehead atoms. The minimum absolute atomic E-state index is 0.0187. The minimum atomic E-state index is -3.17. The van der Waals surface area contributed by atoms with Gasteiger partial charge in [-0.3, -0.25) is 4.79 Å². The van der Waals surface area contributed by atoms with Crippen LogP contribution in [-0.4, -0.2) is 60.5 Å². The average Bonchev–Trinajstić information content (AvgIpc) is 2.70. The fraction of sp³-hybridized carbons (Fsp3) is 0.917. The Morgan fingerprint density at radius 3 is 2.16 bits per heavy atom. The average molecular weight is 289 g/mol. The largest absolute Gasteiger partial charge is 0.338 e. The second-order valence-electron chi connectivity index (χ2n) is 5.65. The summed E-state index contributed by atoms with van der Waals surface area (Å²) in [7, 11) is -3.17. The molecule has 110 valence electrons. The molecule has 1 unspecified atom stereocenters. The lowest BCUT2D eigenvalue weighted by atomic mass is 10.1. The van der Waals surface area contributed by atoms with Crippen molar-refractivity contribution in [2.45, 2.75) is 50.4 Å². The highest BCUT2D eigenvalue weighted by atomic mass is 32.2. The van der Waals surface area contributed by atoms with Gasteiger partial charge in [-0.15, -0.1) is 0 Å². The van der Waals surface area contributed by atoms with Crippen LogP contribution in [0.3, 0.4) is 0 Å². The molecular formula is C12H23N3O3S. The van der Waals surface area contributed by atoms with E-state index in [2.05, 4.69) is 0 Å². The van der Waals surface area contributed by atoms with Gasteiger partial charge in [0.1, 0.15) is 0 Å². The van der Waals surface area contributed by atoms with Gasteiger partial charge in [0.05, 0.1) is 11.3 Å². The third-order valence-electron chi connectivity index (χ3n) is 4.10. The number of hydrogen-bond donors (Lipinski definition) is 1. The quantitative estimate of drug-likeness (QED) is 0.776. The van der Waals surface area contributed by atoms with Crippen molar-refractivity contribution in [3.05, 3.63) is 0 Å². The van der Waals surface area contributed by atoms with E-state index >= 15 is 0 Å². The van der Waals surface area contributed by atoms with E-state index in [-0.39, 0.29) is 23.2 Å². The predicted octanol–water partition coefficient (Wildman–Crippen LogP) is -0.251. The molecular weight excluding hydrogens is 266 g/mol.